The lowest BCUT2D eigenvalue weighted by Crippen LogP contribution is -2.44. The molecule has 1 rings (SSSR count). The quantitative estimate of drug-likeness (QED) is 0.652. The summed E-state index contributed by atoms with van der Waals surface area (Å²) in [4.78, 5) is 13.9. The molecule has 0 radical (unpaired) electrons. The summed E-state index contributed by atoms with van der Waals surface area (Å²) in [5.41, 5.74) is 0. The molecule has 0 saturated carbocycles. The van der Waals surface area contributed by atoms with Crippen LogP contribution in [0, 0.1) is 5.92 Å². The maximum Gasteiger partial charge on any atom is 0.138 e. The molecule has 1 saturated heterocycles. The van der Waals surface area contributed by atoms with Crippen molar-refractivity contribution in [3.63, 3.8) is 0 Å². The van der Waals surface area contributed by atoms with Gasteiger partial charge in [-0.1, -0.05) is 33.1 Å². The summed E-state index contributed by atoms with van der Waals surface area (Å²) in [5.74, 6) is 0.708. The molecule has 0 aliphatic carbocycles. The standard InChI is InChI=1S/C13H25NO/c1-4-5-6-7-12(3)14-9-8-13(15)11(2)10-14/h11-12H,4-10H2,1-3H3. The summed E-state index contributed by atoms with van der Waals surface area (Å²) >= 11 is 0. The minimum atomic E-state index is 0.257. The molecule has 88 valence electrons. The summed E-state index contributed by atoms with van der Waals surface area (Å²) < 4.78 is 0. The van der Waals surface area contributed by atoms with Gasteiger partial charge in [0.2, 0.25) is 0 Å². The molecule has 15 heavy (non-hydrogen) atoms. The highest BCUT2D eigenvalue weighted by Crippen LogP contribution is 2.17. The first-order valence-electron chi connectivity index (χ1n) is 6.42. The van der Waals surface area contributed by atoms with Crippen molar-refractivity contribution >= 4 is 5.78 Å². The van der Waals surface area contributed by atoms with Crippen LogP contribution in [-0.4, -0.2) is 29.8 Å². The number of unbranched alkanes of at least 4 members (excludes halogenated alkanes) is 2. The maximum absolute atomic E-state index is 11.4. The highest BCUT2D eigenvalue weighted by molar-refractivity contribution is 5.81. The van der Waals surface area contributed by atoms with Crippen molar-refractivity contribution in [3.05, 3.63) is 0 Å². The molecular weight excluding hydrogens is 186 g/mol. The molecule has 0 aromatic heterocycles. The number of hydrogen-bond donors (Lipinski definition) is 0. The van der Waals surface area contributed by atoms with E-state index in [4.69, 9.17) is 0 Å². The van der Waals surface area contributed by atoms with E-state index in [9.17, 15) is 4.79 Å². The predicted octanol–water partition coefficient (Wildman–Crippen LogP) is 2.87. The second-order valence-corrected chi connectivity index (χ2v) is 4.96. The molecule has 2 unspecified atom stereocenters. The Morgan fingerprint density at radius 2 is 2.20 bits per heavy atom. The van der Waals surface area contributed by atoms with Crippen LogP contribution in [0.15, 0.2) is 0 Å². The number of rotatable bonds is 5. The Labute approximate surface area is 94.0 Å². The predicted molar refractivity (Wildman–Crippen MR) is 64.0 cm³/mol. The lowest BCUT2D eigenvalue weighted by molar-refractivity contribution is -0.126. The fourth-order valence-electron chi connectivity index (χ4n) is 2.32. The van der Waals surface area contributed by atoms with E-state index in [1.807, 2.05) is 0 Å². The summed E-state index contributed by atoms with van der Waals surface area (Å²) in [7, 11) is 0. The molecular formula is C13H25NO. The number of likely N-dealkylation sites (tertiary alicyclic amines) is 1. The first-order valence-corrected chi connectivity index (χ1v) is 6.42. The zero-order chi connectivity index (χ0) is 11.3. The Kier molecular flexibility index (Phi) is 5.30. The van der Waals surface area contributed by atoms with Gasteiger partial charge in [0.1, 0.15) is 5.78 Å². The number of Topliss-reactive ketones (excluding diaryl/α,β-unsaturated/α-hetero) is 1. The van der Waals surface area contributed by atoms with E-state index in [-0.39, 0.29) is 5.92 Å². The van der Waals surface area contributed by atoms with Crippen molar-refractivity contribution in [2.75, 3.05) is 13.1 Å². The van der Waals surface area contributed by atoms with Crippen molar-refractivity contribution in [3.8, 4) is 0 Å². The van der Waals surface area contributed by atoms with Crippen LogP contribution in [0.4, 0.5) is 0 Å². The second kappa shape index (κ2) is 6.26. The van der Waals surface area contributed by atoms with Gasteiger partial charge in [-0.25, -0.2) is 0 Å². The van der Waals surface area contributed by atoms with E-state index in [0.717, 1.165) is 19.5 Å². The maximum atomic E-state index is 11.4. The van der Waals surface area contributed by atoms with Crippen LogP contribution in [0.25, 0.3) is 0 Å². The van der Waals surface area contributed by atoms with Crippen molar-refractivity contribution < 1.29 is 4.79 Å². The third-order valence-electron chi connectivity index (χ3n) is 3.55. The van der Waals surface area contributed by atoms with Crippen LogP contribution >= 0.6 is 0 Å². The molecule has 1 heterocycles. The molecule has 0 spiro atoms. The van der Waals surface area contributed by atoms with Gasteiger partial charge < -0.3 is 0 Å². The third-order valence-corrected chi connectivity index (χ3v) is 3.55. The fraction of sp³-hybridized carbons (Fsp3) is 0.923. The number of carbonyl (C=O) groups excluding carboxylic acids is 1. The molecule has 0 aromatic rings. The largest absolute Gasteiger partial charge is 0.300 e. The molecule has 1 aliphatic rings. The SMILES string of the molecule is CCCCCC(C)N1CCC(=O)C(C)C1. The van der Waals surface area contributed by atoms with Crippen LogP contribution in [0.3, 0.4) is 0 Å². The van der Waals surface area contributed by atoms with Gasteiger partial charge in [-0.15, -0.1) is 0 Å². The average Bonchev–Trinajstić information content (AvgIpc) is 2.22. The lowest BCUT2D eigenvalue weighted by Gasteiger charge is -2.34. The highest BCUT2D eigenvalue weighted by atomic mass is 16.1. The van der Waals surface area contributed by atoms with E-state index in [1.54, 1.807) is 0 Å². The van der Waals surface area contributed by atoms with Gasteiger partial charge in [-0.2, -0.15) is 0 Å². The third kappa shape index (κ3) is 3.94. The molecule has 2 heteroatoms. The van der Waals surface area contributed by atoms with Crippen molar-refractivity contribution in [2.45, 2.75) is 58.9 Å². The topological polar surface area (TPSA) is 20.3 Å². The first-order chi connectivity index (χ1) is 7.15. The van der Waals surface area contributed by atoms with Gasteiger partial charge in [0.25, 0.3) is 0 Å². The minimum absolute atomic E-state index is 0.257. The highest BCUT2D eigenvalue weighted by Gasteiger charge is 2.25. The Morgan fingerprint density at radius 3 is 2.80 bits per heavy atom. The Bertz CT molecular complexity index is 203. The fourth-order valence-corrected chi connectivity index (χ4v) is 2.32. The molecule has 1 aliphatic heterocycles. The molecule has 0 amide bonds. The summed E-state index contributed by atoms with van der Waals surface area (Å²) in [5, 5.41) is 0. The molecule has 2 atom stereocenters. The van der Waals surface area contributed by atoms with Crippen LogP contribution in [0.5, 0.6) is 0 Å². The van der Waals surface area contributed by atoms with Crippen LogP contribution in [0.1, 0.15) is 52.9 Å². The van der Waals surface area contributed by atoms with Gasteiger partial charge in [0.15, 0.2) is 0 Å². The zero-order valence-corrected chi connectivity index (χ0v) is 10.5. The summed E-state index contributed by atoms with van der Waals surface area (Å²) in [6.07, 6.45) is 6.01. The Morgan fingerprint density at radius 1 is 1.47 bits per heavy atom. The molecule has 1 fully saturated rings. The summed E-state index contributed by atoms with van der Waals surface area (Å²) in [6, 6.07) is 0.659. The van der Waals surface area contributed by atoms with Gasteiger partial charge in [0, 0.05) is 31.5 Å². The minimum Gasteiger partial charge on any atom is -0.300 e. The summed E-state index contributed by atoms with van der Waals surface area (Å²) in [6.45, 7) is 8.57. The van der Waals surface area contributed by atoms with Crippen LogP contribution < -0.4 is 0 Å². The number of carbonyl (C=O) groups is 1. The Hall–Kier alpha value is -0.370. The number of piperidine rings is 1. The smallest absolute Gasteiger partial charge is 0.138 e. The first kappa shape index (κ1) is 12.7. The van der Waals surface area contributed by atoms with Crippen LogP contribution in [-0.2, 0) is 4.79 Å². The Balaban J connectivity index is 2.27. The van der Waals surface area contributed by atoms with Crippen molar-refractivity contribution in [1.29, 1.82) is 0 Å². The van der Waals surface area contributed by atoms with Crippen molar-refractivity contribution in [2.24, 2.45) is 5.92 Å². The molecule has 0 aromatic carbocycles. The van der Waals surface area contributed by atoms with E-state index in [0.29, 0.717) is 11.8 Å². The average molecular weight is 211 g/mol. The monoisotopic (exact) mass is 211 g/mol. The van der Waals surface area contributed by atoms with Gasteiger partial charge in [0.05, 0.1) is 0 Å². The number of hydrogen-bond acceptors (Lipinski definition) is 2. The van der Waals surface area contributed by atoms with E-state index < -0.39 is 0 Å². The number of nitrogens with zero attached hydrogens (tertiary/aromatic N) is 1. The zero-order valence-electron chi connectivity index (χ0n) is 10.5. The van der Waals surface area contributed by atoms with Gasteiger partial charge in [-0.05, 0) is 13.3 Å². The second-order valence-electron chi connectivity index (χ2n) is 4.96. The van der Waals surface area contributed by atoms with Gasteiger partial charge in [-0.3, -0.25) is 9.69 Å². The van der Waals surface area contributed by atoms with E-state index in [1.165, 1.54) is 25.7 Å². The molecule has 2 nitrogen and oxygen atoms in total. The number of ketones is 1. The lowest BCUT2D eigenvalue weighted by atomic mass is 9.96. The molecule has 0 bridgehead atoms. The molecule has 0 N–H and O–H groups in total. The van der Waals surface area contributed by atoms with E-state index >= 15 is 0 Å². The van der Waals surface area contributed by atoms with E-state index in [2.05, 4.69) is 25.7 Å². The van der Waals surface area contributed by atoms with Gasteiger partial charge >= 0.3 is 0 Å². The van der Waals surface area contributed by atoms with Crippen molar-refractivity contribution in [1.82, 2.24) is 4.90 Å². The normalized spacial score (nSPS) is 25.5. The van der Waals surface area contributed by atoms with Crippen LogP contribution in [0.2, 0.25) is 0 Å².